The number of hydrogen-bond acceptors (Lipinski definition) is 2. The molecule has 0 saturated carbocycles. The van der Waals surface area contributed by atoms with Crippen LogP contribution in [-0.4, -0.2) is 12.9 Å². The zero-order valence-corrected chi connectivity index (χ0v) is 11.9. The van der Waals surface area contributed by atoms with Crippen molar-refractivity contribution in [2.45, 2.75) is 40.0 Å². The summed E-state index contributed by atoms with van der Waals surface area (Å²) in [5.74, 6) is 2.13. The van der Waals surface area contributed by atoms with Gasteiger partial charge in [0, 0.05) is 6.42 Å². The largest absolute Gasteiger partial charge is 0.496 e. The number of carbonyl (C=O) groups excluding carboxylic acids is 1. The minimum atomic E-state index is 0.187. The van der Waals surface area contributed by atoms with Gasteiger partial charge in [0.2, 0.25) is 0 Å². The lowest BCUT2D eigenvalue weighted by Crippen LogP contribution is -2.11. The van der Waals surface area contributed by atoms with E-state index in [4.69, 9.17) is 4.74 Å². The second-order valence-electron chi connectivity index (χ2n) is 5.07. The van der Waals surface area contributed by atoms with Crippen LogP contribution in [0.4, 0.5) is 0 Å². The second-order valence-corrected chi connectivity index (χ2v) is 5.07. The molecule has 0 aromatic heterocycles. The Kier molecular flexibility index (Phi) is 5.90. The molecule has 1 rings (SSSR count). The van der Waals surface area contributed by atoms with Gasteiger partial charge in [-0.15, -0.1) is 0 Å². The summed E-state index contributed by atoms with van der Waals surface area (Å²) < 4.78 is 5.23. The van der Waals surface area contributed by atoms with E-state index in [1.165, 1.54) is 0 Å². The highest BCUT2D eigenvalue weighted by molar-refractivity contribution is 5.98. The Labute approximate surface area is 110 Å². The number of methoxy groups -OCH3 is 1. The smallest absolute Gasteiger partial charge is 0.166 e. The molecule has 0 bridgehead atoms. The van der Waals surface area contributed by atoms with Crippen molar-refractivity contribution in [1.29, 1.82) is 0 Å². The fourth-order valence-electron chi connectivity index (χ4n) is 2.34. The molecule has 18 heavy (non-hydrogen) atoms. The molecule has 0 spiro atoms. The molecule has 0 aliphatic rings. The number of Topliss-reactive ketones (excluding diaryl/α,β-unsaturated/α-hetero) is 1. The normalized spacial score (nSPS) is 12.5. The molecule has 1 aromatic carbocycles. The fourth-order valence-corrected chi connectivity index (χ4v) is 2.34. The molecule has 0 aliphatic carbocycles. The van der Waals surface area contributed by atoms with Gasteiger partial charge in [0.25, 0.3) is 0 Å². The number of ketones is 1. The van der Waals surface area contributed by atoms with Crippen molar-refractivity contribution in [2.24, 2.45) is 11.8 Å². The van der Waals surface area contributed by atoms with Gasteiger partial charge in [-0.05, 0) is 30.4 Å². The summed E-state index contributed by atoms with van der Waals surface area (Å²) in [6.07, 6.45) is 2.71. The van der Waals surface area contributed by atoms with Gasteiger partial charge in [0.1, 0.15) is 5.75 Å². The van der Waals surface area contributed by atoms with Crippen LogP contribution in [0.3, 0.4) is 0 Å². The van der Waals surface area contributed by atoms with Crippen LogP contribution in [0.2, 0.25) is 0 Å². The van der Waals surface area contributed by atoms with Crippen LogP contribution in [0.1, 0.15) is 50.4 Å². The SMILES string of the molecule is CC[C@H](CCC(=O)c1ccccc1OC)C(C)C. The molecule has 0 heterocycles. The van der Waals surface area contributed by atoms with Crippen LogP contribution < -0.4 is 4.74 Å². The molecular weight excluding hydrogens is 224 g/mol. The predicted molar refractivity (Wildman–Crippen MR) is 75.2 cm³/mol. The van der Waals surface area contributed by atoms with Crippen LogP contribution in [0.5, 0.6) is 5.75 Å². The molecule has 1 aromatic rings. The monoisotopic (exact) mass is 248 g/mol. The first-order valence-electron chi connectivity index (χ1n) is 6.76. The Morgan fingerprint density at radius 2 is 1.94 bits per heavy atom. The van der Waals surface area contributed by atoms with E-state index in [2.05, 4.69) is 20.8 Å². The summed E-state index contributed by atoms with van der Waals surface area (Å²) in [5, 5.41) is 0. The zero-order valence-electron chi connectivity index (χ0n) is 11.9. The Bertz CT molecular complexity index is 382. The Hall–Kier alpha value is -1.31. The summed E-state index contributed by atoms with van der Waals surface area (Å²) in [5.41, 5.74) is 0.707. The summed E-state index contributed by atoms with van der Waals surface area (Å²) in [6, 6.07) is 7.46. The molecular formula is C16H24O2. The lowest BCUT2D eigenvalue weighted by atomic mass is 9.87. The van der Waals surface area contributed by atoms with Crippen molar-refractivity contribution in [2.75, 3.05) is 7.11 Å². The van der Waals surface area contributed by atoms with Crippen LogP contribution in [0, 0.1) is 11.8 Å². The summed E-state index contributed by atoms with van der Waals surface area (Å²) in [7, 11) is 1.61. The molecule has 2 nitrogen and oxygen atoms in total. The van der Waals surface area contributed by atoms with Gasteiger partial charge < -0.3 is 4.74 Å². The quantitative estimate of drug-likeness (QED) is 0.671. The minimum absolute atomic E-state index is 0.187. The van der Waals surface area contributed by atoms with E-state index < -0.39 is 0 Å². The van der Waals surface area contributed by atoms with E-state index in [1.54, 1.807) is 7.11 Å². The maximum atomic E-state index is 12.2. The van der Waals surface area contributed by atoms with Gasteiger partial charge in [0.05, 0.1) is 12.7 Å². The average molecular weight is 248 g/mol. The highest BCUT2D eigenvalue weighted by Gasteiger charge is 2.16. The van der Waals surface area contributed by atoms with Gasteiger partial charge in [-0.3, -0.25) is 4.79 Å². The third-order valence-electron chi connectivity index (χ3n) is 3.62. The number of benzene rings is 1. The van der Waals surface area contributed by atoms with Gasteiger partial charge in [-0.2, -0.15) is 0 Å². The van der Waals surface area contributed by atoms with Crippen LogP contribution in [0.15, 0.2) is 24.3 Å². The average Bonchev–Trinajstić information content (AvgIpc) is 2.38. The molecule has 100 valence electrons. The van der Waals surface area contributed by atoms with Gasteiger partial charge in [-0.25, -0.2) is 0 Å². The first-order valence-corrected chi connectivity index (χ1v) is 6.76. The van der Waals surface area contributed by atoms with Crippen molar-refractivity contribution < 1.29 is 9.53 Å². The van der Waals surface area contributed by atoms with Gasteiger partial charge in [0.15, 0.2) is 5.78 Å². The molecule has 1 atom stereocenters. The van der Waals surface area contributed by atoms with E-state index >= 15 is 0 Å². The third kappa shape index (κ3) is 3.86. The van der Waals surface area contributed by atoms with Crippen LogP contribution in [-0.2, 0) is 0 Å². The summed E-state index contributed by atoms with van der Waals surface area (Å²) >= 11 is 0. The van der Waals surface area contributed by atoms with Crippen molar-refractivity contribution >= 4 is 5.78 Å². The lowest BCUT2D eigenvalue weighted by Gasteiger charge is -2.18. The van der Waals surface area contributed by atoms with Crippen molar-refractivity contribution in [1.82, 2.24) is 0 Å². The summed E-state index contributed by atoms with van der Waals surface area (Å²) in [6.45, 7) is 6.64. The van der Waals surface area contributed by atoms with E-state index in [1.807, 2.05) is 24.3 Å². The third-order valence-corrected chi connectivity index (χ3v) is 3.62. The maximum Gasteiger partial charge on any atom is 0.166 e. The first-order chi connectivity index (χ1) is 8.60. The molecule has 0 amide bonds. The van der Waals surface area contributed by atoms with Crippen LogP contribution in [0.25, 0.3) is 0 Å². The number of carbonyl (C=O) groups is 1. The fraction of sp³-hybridized carbons (Fsp3) is 0.562. The first kappa shape index (κ1) is 14.7. The van der Waals surface area contributed by atoms with Gasteiger partial charge >= 0.3 is 0 Å². The second kappa shape index (κ2) is 7.20. The Morgan fingerprint density at radius 3 is 2.50 bits per heavy atom. The number of para-hydroxylation sites is 1. The Morgan fingerprint density at radius 1 is 1.28 bits per heavy atom. The minimum Gasteiger partial charge on any atom is -0.496 e. The van der Waals surface area contributed by atoms with Crippen molar-refractivity contribution in [3.63, 3.8) is 0 Å². The predicted octanol–water partition coefficient (Wildman–Crippen LogP) is 4.34. The number of hydrogen-bond donors (Lipinski definition) is 0. The summed E-state index contributed by atoms with van der Waals surface area (Å²) in [4.78, 5) is 12.2. The topological polar surface area (TPSA) is 26.3 Å². The van der Waals surface area contributed by atoms with E-state index in [0.29, 0.717) is 29.6 Å². The molecule has 0 N–H and O–H groups in total. The highest BCUT2D eigenvalue weighted by Crippen LogP contribution is 2.24. The molecule has 0 saturated heterocycles. The zero-order chi connectivity index (χ0) is 13.5. The number of ether oxygens (including phenoxy) is 1. The van der Waals surface area contributed by atoms with E-state index in [0.717, 1.165) is 12.8 Å². The highest BCUT2D eigenvalue weighted by atomic mass is 16.5. The lowest BCUT2D eigenvalue weighted by molar-refractivity contribution is 0.0966. The molecule has 0 aliphatic heterocycles. The number of rotatable bonds is 7. The van der Waals surface area contributed by atoms with E-state index in [9.17, 15) is 4.79 Å². The Balaban J connectivity index is 2.65. The standard InChI is InChI=1S/C16H24O2/c1-5-13(12(2)3)10-11-15(17)14-8-6-7-9-16(14)18-4/h6-9,12-13H,5,10-11H2,1-4H3/t13-/m1/s1. The molecule has 0 fully saturated rings. The maximum absolute atomic E-state index is 12.2. The van der Waals surface area contributed by atoms with Crippen molar-refractivity contribution in [3.8, 4) is 5.75 Å². The van der Waals surface area contributed by atoms with Gasteiger partial charge in [-0.1, -0.05) is 39.3 Å². The molecule has 0 radical (unpaired) electrons. The van der Waals surface area contributed by atoms with E-state index in [-0.39, 0.29) is 5.78 Å². The molecule has 0 unspecified atom stereocenters. The van der Waals surface area contributed by atoms with Crippen molar-refractivity contribution in [3.05, 3.63) is 29.8 Å². The van der Waals surface area contributed by atoms with Crippen LogP contribution >= 0.6 is 0 Å². The molecule has 2 heteroatoms.